The average molecular weight is 265 g/mol. The SMILES string of the molecule is CCC(C)(C)[C@H](N[C@@H](CO)c1ccccc1)C(=O)O. The van der Waals surface area contributed by atoms with Crippen LogP contribution < -0.4 is 5.32 Å². The fourth-order valence-electron chi connectivity index (χ4n) is 1.98. The van der Waals surface area contributed by atoms with E-state index >= 15 is 0 Å². The van der Waals surface area contributed by atoms with Crippen LogP contribution in [-0.2, 0) is 4.79 Å². The molecule has 0 saturated heterocycles. The monoisotopic (exact) mass is 265 g/mol. The molecule has 2 atom stereocenters. The molecule has 106 valence electrons. The Balaban J connectivity index is 2.92. The van der Waals surface area contributed by atoms with Crippen molar-refractivity contribution in [2.45, 2.75) is 39.3 Å². The molecule has 1 rings (SSSR count). The van der Waals surface area contributed by atoms with Crippen molar-refractivity contribution in [2.75, 3.05) is 6.61 Å². The van der Waals surface area contributed by atoms with Crippen molar-refractivity contribution in [1.29, 1.82) is 0 Å². The van der Waals surface area contributed by atoms with Gasteiger partial charge in [0.05, 0.1) is 12.6 Å². The number of rotatable bonds is 7. The highest BCUT2D eigenvalue weighted by Gasteiger charge is 2.35. The average Bonchev–Trinajstić information content (AvgIpc) is 2.40. The molecule has 3 N–H and O–H groups in total. The number of nitrogens with one attached hydrogen (secondary N) is 1. The third-order valence-electron chi connectivity index (χ3n) is 3.69. The smallest absolute Gasteiger partial charge is 0.321 e. The van der Waals surface area contributed by atoms with Crippen LogP contribution in [0.25, 0.3) is 0 Å². The van der Waals surface area contributed by atoms with Crippen LogP contribution in [0.5, 0.6) is 0 Å². The molecule has 0 spiro atoms. The Kier molecular flexibility index (Phi) is 5.51. The number of hydrogen-bond donors (Lipinski definition) is 3. The summed E-state index contributed by atoms with van der Waals surface area (Å²) in [6.45, 7) is 5.66. The molecule has 19 heavy (non-hydrogen) atoms. The first-order valence-electron chi connectivity index (χ1n) is 6.57. The molecule has 0 aliphatic carbocycles. The van der Waals surface area contributed by atoms with Gasteiger partial charge in [0.25, 0.3) is 0 Å². The molecule has 0 radical (unpaired) electrons. The molecule has 0 fully saturated rings. The maximum Gasteiger partial charge on any atom is 0.321 e. The fourth-order valence-corrected chi connectivity index (χ4v) is 1.98. The van der Waals surface area contributed by atoms with Crippen molar-refractivity contribution in [2.24, 2.45) is 5.41 Å². The van der Waals surface area contributed by atoms with Gasteiger partial charge in [-0.05, 0) is 17.4 Å². The van der Waals surface area contributed by atoms with Crippen LogP contribution in [0.15, 0.2) is 30.3 Å². The summed E-state index contributed by atoms with van der Waals surface area (Å²) in [5, 5.41) is 21.9. The van der Waals surface area contributed by atoms with Gasteiger partial charge in [0, 0.05) is 0 Å². The van der Waals surface area contributed by atoms with Crippen molar-refractivity contribution in [3.05, 3.63) is 35.9 Å². The van der Waals surface area contributed by atoms with Gasteiger partial charge in [-0.15, -0.1) is 0 Å². The summed E-state index contributed by atoms with van der Waals surface area (Å²) in [4.78, 5) is 11.4. The minimum atomic E-state index is -0.888. The molecular weight excluding hydrogens is 242 g/mol. The van der Waals surface area contributed by atoms with Crippen molar-refractivity contribution in [1.82, 2.24) is 5.32 Å². The highest BCUT2D eigenvalue weighted by Crippen LogP contribution is 2.27. The number of aliphatic hydroxyl groups excluding tert-OH is 1. The van der Waals surface area contributed by atoms with Crippen molar-refractivity contribution in [3.63, 3.8) is 0 Å². The summed E-state index contributed by atoms with van der Waals surface area (Å²) in [5.74, 6) is -0.888. The Bertz CT molecular complexity index is 403. The molecule has 4 heteroatoms. The van der Waals surface area contributed by atoms with Gasteiger partial charge in [-0.1, -0.05) is 51.1 Å². The van der Waals surface area contributed by atoms with E-state index in [1.54, 1.807) is 0 Å². The number of hydrogen-bond acceptors (Lipinski definition) is 3. The summed E-state index contributed by atoms with van der Waals surface area (Å²) >= 11 is 0. The van der Waals surface area contributed by atoms with E-state index < -0.39 is 12.0 Å². The van der Waals surface area contributed by atoms with E-state index in [0.717, 1.165) is 12.0 Å². The van der Waals surface area contributed by atoms with Crippen LogP contribution in [-0.4, -0.2) is 28.8 Å². The Morgan fingerprint density at radius 1 is 1.32 bits per heavy atom. The second kappa shape index (κ2) is 6.68. The first-order valence-corrected chi connectivity index (χ1v) is 6.57. The third kappa shape index (κ3) is 4.04. The molecule has 1 aromatic rings. The topological polar surface area (TPSA) is 69.6 Å². The predicted octanol–water partition coefficient (Wildman–Crippen LogP) is 2.20. The van der Waals surface area contributed by atoms with Gasteiger partial charge in [0.2, 0.25) is 0 Å². The first-order chi connectivity index (χ1) is 8.92. The molecule has 0 bridgehead atoms. The second-order valence-electron chi connectivity index (χ2n) is 5.43. The zero-order valence-electron chi connectivity index (χ0n) is 11.8. The van der Waals surface area contributed by atoms with E-state index in [-0.39, 0.29) is 18.1 Å². The summed E-state index contributed by atoms with van der Waals surface area (Å²) in [5.41, 5.74) is 0.511. The molecular formula is C15H23NO3. The highest BCUT2D eigenvalue weighted by atomic mass is 16.4. The summed E-state index contributed by atoms with van der Waals surface area (Å²) in [6, 6.07) is 8.34. The maximum absolute atomic E-state index is 11.4. The maximum atomic E-state index is 11.4. The van der Waals surface area contributed by atoms with Gasteiger partial charge >= 0.3 is 5.97 Å². The van der Waals surface area contributed by atoms with Crippen molar-refractivity contribution < 1.29 is 15.0 Å². The second-order valence-corrected chi connectivity index (χ2v) is 5.43. The Hall–Kier alpha value is -1.39. The van der Waals surface area contributed by atoms with E-state index in [2.05, 4.69) is 5.32 Å². The molecule has 0 heterocycles. The quantitative estimate of drug-likeness (QED) is 0.707. The normalized spacial score (nSPS) is 14.9. The standard InChI is InChI=1S/C15H23NO3/c1-4-15(2,3)13(14(18)19)16-12(10-17)11-8-6-5-7-9-11/h5-9,12-13,16-17H,4,10H2,1-3H3,(H,18,19)/t12-,13+/m0/s1. The molecule has 0 amide bonds. The van der Waals surface area contributed by atoms with Crippen molar-refractivity contribution >= 4 is 5.97 Å². The number of carboxylic acid groups (broad SMARTS) is 1. The molecule has 0 aliphatic heterocycles. The zero-order chi connectivity index (χ0) is 14.5. The highest BCUT2D eigenvalue weighted by molar-refractivity contribution is 5.74. The van der Waals surface area contributed by atoms with Crippen LogP contribution in [0.4, 0.5) is 0 Å². The number of benzene rings is 1. The molecule has 1 aromatic carbocycles. The molecule has 0 aliphatic rings. The molecule has 4 nitrogen and oxygen atoms in total. The van der Waals surface area contributed by atoms with E-state index in [1.165, 1.54) is 0 Å². The van der Waals surface area contributed by atoms with Crippen LogP contribution in [0.3, 0.4) is 0 Å². The van der Waals surface area contributed by atoms with Gasteiger partial charge in [-0.3, -0.25) is 10.1 Å². The number of aliphatic hydroxyl groups is 1. The first kappa shape index (κ1) is 15.7. The van der Waals surface area contributed by atoms with Gasteiger partial charge in [-0.25, -0.2) is 0 Å². The largest absolute Gasteiger partial charge is 0.480 e. The third-order valence-corrected chi connectivity index (χ3v) is 3.69. The minimum Gasteiger partial charge on any atom is -0.480 e. The van der Waals surface area contributed by atoms with Crippen LogP contribution >= 0.6 is 0 Å². The lowest BCUT2D eigenvalue weighted by atomic mass is 9.81. The van der Waals surface area contributed by atoms with E-state index in [1.807, 2.05) is 51.1 Å². The van der Waals surface area contributed by atoms with Gasteiger partial charge < -0.3 is 10.2 Å². The lowest BCUT2D eigenvalue weighted by Crippen LogP contribution is -2.49. The predicted molar refractivity (Wildman–Crippen MR) is 74.9 cm³/mol. The molecule has 0 unspecified atom stereocenters. The van der Waals surface area contributed by atoms with Gasteiger partial charge in [0.1, 0.15) is 6.04 Å². The summed E-state index contributed by atoms with van der Waals surface area (Å²) in [7, 11) is 0. The van der Waals surface area contributed by atoms with E-state index in [4.69, 9.17) is 0 Å². The lowest BCUT2D eigenvalue weighted by Gasteiger charge is -2.33. The van der Waals surface area contributed by atoms with Crippen LogP contribution in [0.2, 0.25) is 0 Å². The molecule has 0 aromatic heterocycles. The lowest BCUT2D eigenvalue weighted by molar-refractivity contribution is -0.143. The Morgan fingerprint density at radius 3 is 2.32 bits per heavy atom. The van der Waals surface area contributed by atoms with E-state index in [0.29, 0.717) is 0 Å². The van der Waals surface area contributed by atoms with Gasteiger partial charge in [-0.2, -0.15) is 0 Å². The van der Waals surface area contributed by atoms with Crippen LogP contribution in [0, 0.1) is 5.41 Å². The molecule has 0 saturated carbocycles. The minimum absolute atomic E-state index is 0.131. The van der Waals surface area contributed by atoms with E-state index in [9.17, 15) is 15.0 Å². The number of aliphatic carboxylic acids is 1. The number of carboxylic acids is 1. The summed E-state index contributed by atoms with van der Waals surface area (Å²) in [6.07, 6.45) is 0.740. The number of carbonyl (C=O) groups is 1. The summed E-state index contributed by atoms with van der Waals surface area (Å²) < 4.78 is 0. The van der Waals surface area contributed by atoms with Gasteiger partial charge in [0.15, 0.2) is 0 Å². The van der Waals surface area contributed by atoms with Crippen LogP contribution in [0.1, 0.15) is 38.8 Å². The zero-order valence-corrected chi connectivity index (χ0v) is 11.8. The Labute approximate surface area is 114 Å². The Morgan fingerprint density at radius 2 is 1.89 bits per heavy atom. The fraction of sp³-hybridized carbons (Fsp3) is 0.533. The van der Waals surface area contributed by atoms with Crippen molar-refractivity contribution in [3.8, 4) is 0 Å².